The van der Waals surface area contributed by atoms with Gasteiger partial charge in [0.2, 0.25) is 0 Å². The van der Waals surface area contributed by atoms with Gasteiger partial charge in [-0.2, -0.15) is 0 Å². The summed E-state index contributed by atoms with van der Waals surface area (Å²) in [4.78, 5) is 0. The van der Waals surface area contributed by atoms with Crippen LogP contribution in [0.3, 0.4) is 0 Å². The van der Waals surface area contributed by atoms with E-state index in [2.05, 4.69) is 113 Å². The fourth-order valence-corrected chi connectivity index (χ4v) is 6.50. The third kappa shape index (κ3) is 3.69. The Hall–Kier alpha value is -2.91. The zero-order chi connectivity index (χ0) is 22.4. The summed E-state index contributed by atoms with van der Waals surface area (Å²) < 4.78 is 3.68. The number of hydrogen-bond acceptors (Lipinski definition) is 1. The first-order valence-electron chi connectivity index (χ1n) is 10.7. The normalized spacial score (nSPS) is 11.3. The van der Waals surface area contributed by atoms with Gasteiger partial charge in [-0.25, -0.2) is 0 Å². The monoisotopic (exact) mass is 524 g/mol. The maximum atomic E-state index is 6.24. The first kappa shape index (κ1) is 20.7. The average Bonchev–Trinajstić information content (AvgIpc) is 3.23. The van der Waals surface area contributed by atoms with E-state index >= 15 is 0 Å². The summed E-state index contributed by atoms with van der Waals surface area (Å²) in [6, 6.07) is 38.5. The molecule has 0 amide bonds. The standard InChI is InChI=1S/C30H18BrClS/c31-22-13-16-24-27(17-22)33-30-28(21-9-5-2-6-10-21)25(20-11-14-23(32)15-12-20)18-26(29(24)30)19-7-3-1-4-8-19/h1-18H. The van der Waals surface area contributed by atoms with Crippen molar-refractivity contribution >= 4 is 59.0 Å². The van der Waals surface area contributed by atoms with Crippen LogP contribution in [0.4, 0.5) is 0 Å². The molecule has 6 rings (SSSR count). The van der Waals surface area contributed by atoms with E-state index in [-0.39, 0.29) is 0 Å². The van der Waals surface area contributed by atoms with Crippen molar-refractivity contribution in [3.63, 3.8) is 0 Å². The zero-order valence-electron chi connectivity index (χ0n) is 17.6. The Morgan fingerprint density at radius 1 is 0.606 bits per heavy atom. The number of hydrogen-bond donors (Lipinski definition) is 0. The molecule has 0 unspecified atom stereocenters. The van der Waals surface area contributed by atoms with E-state index in [0.717, 1.165) is 15.1 Å². The van der Waals surface area contributed by atoms with Gasteiger partial charge < -0.3 is 0 Å². The Morgan fingerprint density at radius 3 is 1.94 bits per heavy atom. The lowest BCUT2D eigenvalue weighted by Gasteiger charge is -2.16. The van der Waals surface area contributed by atoms with Crippen molar-refractivity contribution in [2.75, 3.05) is 0 Å². The van der Waals surface area contributed by atoms with E-state index in [9.17, 15) is 0 Å². The topological polar surface area (TPSA) is 0 Å². The molecule has 5 aromatic carbocycles. The lowest BCUT2D eigenvalue weighted by atomic mass is 9.88. The van der Waals surface area contributed by atoms with Gasteiger partial charge in [-0.1, -0.05) is 106 Å². The zero-order valence-corrected chi connectivity index (χ0v) is 20.7. The lowest BCUT2D eigenvalue weighted by Crippen LogP contribution is -1.89. The van der Waals surface area contributed by atoms with E-state index in [0.29, 0.717) is 0 Å². The van der Waals surface area contributed by atoms with Crippen LogP contribution >= 0.6 is 38.9 Å². The summed E-state index contributed by atoms with van der Waals surface area (Å²) in [5.74, 6) is 0. The van der Waals surface area contributed by atoms with E-state index in [4.69, 9.17) is 11.6 Å². The quantitative estimate of drug-likeness (QED) is 0.215. The van der Waals surface area contributed by atoms with Gasteiger partial charge in [-0.3, -0.25) is 0 Å². The fraction of sp³-hybridized carbons (Fsp3) is 0. The second-order valence-electron chi connectivity index (χ2n) is 8.03. The molecule has 0 bridgehead atoms. The lowest BCUT2D eigenvalue weighted by molar-refractivity contribution is 1.61. The molecule has 3 heteroatoms. The molecule has 0 nitrogen and oxygen atoms in total. The van der Waals surface area contributed by atoms with Crippen molar-refractivity contribution in [1.82, 2.24) is 0 Å². The molecule has 0 aliphatic carbocycles. The van der Waals surface area contributed by atoms with Gasteiger partial charge in [-0.05, 0) is 58.1 Å². The van der Waals surface area contributed by atoms with E-state index in [1.54, 1.807) is 0 Å². The van der Waals surface area contributed by atoms with E-state index < -0.39 is 0 Å². The van der Waals surface area contributed by atoms with Crippen LogP contribution in [0.5, 0.6) is 0 Å². The summed E-state index contributed by atoms with van der Waals surface area (Å²) in [5.41, 5.74) is 7.34. The molecule has 0 saturated carbocycles. The van der Waals surface area contributed by atoms with Crippen molar-refractivity contribution < 1.29 is 0 Å². The molecule has 0 aliphatic rings. The van der Waals surface area contributed by atoms with Crippen LogP contribution in [-0.4, -0.2) is 0 Å². The first-order chi connectivity index (χ1) is 16.2. The van der Waals surface area contributed by atoms with Crippen molar-refractivity contribution in [2.24, 2.45) is 0 Å². The number of halogens is 2. The van der Waals surface area contributed by atoms with Crippen LogP contribution in [0.2, 0.25) is 5.02 Å². The van der Waals surface area contributed by atoms with Crippen LogP contribution in [0, 0.1) is 0 Å². The summed E-state index contributed by atoms with van der Waals surface area (Å²) in [6.07, 6.45) is 0. The number of benzene rings is 5. The number of rotatable bonds is 3. The van der Waals surface area contributed by atoms with Crippen molar-refractivity contribution in [3.05, 3.63) is 119 Å². The molecule has 0 spiro atoms. The largest absolute Gasteiger partial charge is 0.134 e. The van der Waals surface area contributed by atoms with Gasteiger partial charge in [0.05, 0.1) is 0 Å². The van der Waals surface area contributed by atoms with Crippen LogP contribution in [0.25, 0.3) is 53.6 Å². The molecule has 0 aliphatic heterocycles. The summed E-state index contributed by atoms with van der Waals surface area (Å²) in [6.45, 7) is 0. The van der Waals surface area contributed by atoms with Crippen LogP contribution in [0.1, 0.15) is 0 Å². The van der Waals surface area contributed by atoms with Gasteiger partial charge in [-0.15, -0.1) is 11.3 Å². The molecule has 0 fully saturated rings. The van der Waals surface area contributed by atoms with Crippen LogP contribution in [-0.2, 0) is 0 Å². The molecule has 0 radical (unpaired) electrons. The molecule has 0 atom stereocenters. The highest BCUT2D eigenvalue weighted by Gasteiger charge is 2.20. The third-order valence-electron chi connectivity index (χ3n) is 6.01. The molecule has 1 aromatic heterocycles. The van der Waals surface area contributed by atoms with Gasteiger partial charge in [0, 0.05) is 35.2 Å². The smallest absolute Gasteiger partial charge is 0.0446 e. The summed E-state index contributed by atoms with van der Waals surface area (Å²) in [7, 11) is 0. The van der Waals surface area contributed by atoms with Crippen molar-refractivity contribution in [2.45, 2.75) is 0 Å². The Balaban J connectivity index is 1.82. The van der Waals surface area contributed by atoms with Crippen molar-refractivity contribution in [1.29, 1.82) is 0 Å². The molecule has 33 heavy (non-hydrogen) atoms. The molecule has 1 heterocycles. The van der Waals surface area contributed by atoms with Gasteiger partial charge >= 0.3 is 0 Å². The van der Waals surface area contributed by atoms with Gasteiger partial charge in [0.25, 0.3) is 0 Å². The number of thiophene rings is 1. The predicted molar refractivity (Wildman–Crippen MR) is 148 cm³/mol. The van der Waals surface area contributed by atoms with Gasteiger partial charge in [0.15, 0.2) is 0 Å². The van der Waals surface area contributed by atoms with E-state index in [1.165, 1.54) is 48.0 Å². The Kier molecular flexibility index (Phi) is 5.30. The minimum atomic E-state index is 0.746. The molecule has 0 saturated heterocycles. The van der Waals surface area contributed by atoms with Crippen LogP contribution in [0.15, 0.2) is 114 Å². The minimum Gasteiger partial charge on any atom is -0.134 e. The molecule has 0 N–H and O–H groups in total. The Morgan fingerprint density at radius 2 is 1.24 bits per heavy atom. The highest BCUT2D eigenvalue weighted by Crippen LogP contribution is 2.49. The Labute approximate surface area is 210 Å². The number of fused-ring (bicyclic) bond motifs is 3. The van der Waals surface area contributed by atoms with Gasteiger partial charge in [0.1, 0.15) is 0 Å². The van der Waals surface area contributed by atoms with Crippen LogP contribution < -0.4 is 0 Å². The average molecular weight is 526 g/mol. The third-order valence-corrected chi connectivity index (χ3v) is 7.92. The molecule has 6 aromatic rings. The molecular formula is C30H18BrClS. The predicted octanol–water partition coefficient (Wildman–Crippen LogP) is 10.5. The maximum Gasteiger partial charge on any atom is 0.0446 e. The molecule has 158 valence electrons. The van der Waals surface area contributed by atoms with E-state index in [1.807, 2.05) is 23.5 Å². The van der Waals surface area contributed by atoms with Crippen molar-refractivity contribution in [3.8, 4) is 33.4 Å². The highest BCUT2D eigenvalue weighted by atomic mass is 79.9. The second-order valence-corrected chi connectivity index (χ2v) is 10.4. The fourth-order valence-electron chi connectivity index (χ4n) is 4.52. The highest BCUT2D eigenvalue weighted by molar-refractivity contribution is 9.10. The SMILES string of the molecule is Clc1ccc(-c2cc(-c3ccccc3)c3c(sc4cc(Br)ccc43)c2-c2ccccc2)cc1. The second kappa shape index (κ2) is 8.46. The Bertz CT molecular complexity index is 1600. The molecular weight excluding hydrogens is 508 g/mol. The first-order valence-corrected chi connectivity index (χ1v) is 12.7. The maximum absolute atomic E-state index is 6.24. The summed E-state index contributed by atoms with van der Waals surface area (Å²) in [5, 5.41) is 3.35. The minimum absolute atomic E-state index is 0.746. The summed E-state index contributed by atoms with van der Waals surface area (Å²) >= 11 is 11.8.